The molecule has 1 aromatic rings. The van der Waals surface area contributed by atoms with Crippen molar-refractivity contribution < 1.29 is 29.4 Å². The van der Waals surface area contributed by atoms with Crippen LogP contribution in [0.15, 0.2) is 12.5 Å². The van der Waals surface area contributed by atoms with E-state index in [2.05, 4.69) is 38.5 Å². The Morgan fingerprint density at radius 2 is 1.77 bits per heavy atom. The number of nitrogens with two attached hydrogens (primary N) is 1. The molecule has 1 aromatic heterocycles. The number of amides is 3. The van der Waals surface area contributed by atoms with Crippen LogP contribution in [0.4, 0.5) is 0 Å². The summed E-state index contributed by atoms with van der Waals surface area (Å²) < 4.78 is 0. The van der Waals surface area contributed by atoms with Gasteiger partial charge in [-0.25, -0.2) is 9.78 Å². The molecule has 5 unspecified atom stereocenters. The van der Waals surface area contributed by atoms with E-state index in [1.807, 2.05) is 0 Å². The van der Waals surface area contributed by atoms with E-state index in [9.17, 15) is 29.4 Å². The molecule has 0 aliphatic heterocycles. The molecule has 0 saturated heterocycles. The van der Waals surface area contributed by atoms with Crippen LogP contribution < -0.4 is 21.7 Å². The molecule has 5 atom stereocenters. The quantitative estimate of drug-likeness (QED) is 0.152. The lowest BCUT2D eigenvalue weighted by molar-refractivity contribution is -0.143. The Morgan fingerprint density at radius 3 is 2.26 bits per heavy atom. The van der Waals surface area contributed by atoms with E-state index in [-0.39, 0.29) is 18.1 Å². The molecule has 3 amide bonds. The lowest BCUT2D eigenvalue weighted by Crippen LogP contribution is -2.59. The maximum Gasteiger partial charge on any atom is 0.326 e. The van der Waals surface area contributed by atoms with E-state index in [0.29, 0.717) is 12.1 Å². The van der Waals surface area contributed by atoms with E-state index in [1.54, 1.807) is 13.8 Å². The number of carboxylic acids is 1. The number of hydrogen-bond acceptors (Lipinski definition) is 8. The zero-order valence-corrected chi connectivity index (χ0v) is 18.3. The second kappa shape index (κ2) is 12.9. The zero-order valence-electron chi connectivity index (χ0n) is 17.4. The standard InChI is InChI=1S/C18H30N6O6S/c1-3-9(2)14(18(29)30)24-17(28)13(7-31)23-16(27)12(6-25)22-15(26)11(19)4-10-5-20-8-21-10/h5,8-9,11-14,25,31H,3-4,6-7,19H2,1-2H3,(H,20,21)(H,22,26)(H,23,27)(H,24,28)(H,29,30). The molecule has 0 bridgehead atoms. The number of nitrogens with zero attached hydrogens (tertiary/aromatic N) is 1. The summed E-state index contributed by atoms with van der Waals surface area (Å²) in [6.45, 7) is 2.73. The topological polar surface area (TPSA) is 200 Å². The number of aromatic nitrogens is 2. The van der Waals surface area contributed by atoms with E-state index >= 15 is 0 Å². The van der Waals surface area contributed by atoms with Gasteiger partial charge in [0.25, 0.3) is 0 Å². The summed E-state index contributed by atoms with van der Waals surface area (Å²) in [5, 5.41) is 25.9. The van der Waals surface area contributed by atoms with Gasteiger partial charge < -0.3 is 36.9 Å². The van der Waals surface area contributed by atoms with Gasteiger partial charge in [-0.15, -0.1) is 0 Å². The second-order valence-corrected chi connectivity index (χ2v) is 7.45. The number of carbonyl (C=O) groups is 4. The van der Waals surface area contributed by atoms with Gasteiger partial charge in [-0.1, -0.05) is 20.3 Å². The summed E-state index contributed by atoms with van der Waals surface area (Å²) >= 11 is 4.03. The number of aliphatic hydroxyl groups excluding tert-OH is 1. The van der Waals surface area contributed by atoms with Crippen LogP contribution in [-0.2, 0) is 25.6 Å². The molecule has 31 heavy (non-hydrogen) atoms. The Balaban J connectivity index is 2.71. The van der Waals surface area contributed by atoms with Crippen LogP contribution in [0.5, 0.6) is 0 Å². The average Bonchev–Trinajstić information content (AvgIpc) is 3.25. The molecule has 13 heteroatoms. The molecular weight excluding hydrogens is 428 g/mol. The van der Waals surface area contributed by atoms with Crippen LogP contribution in [-0.4, -0.2) is 80.4 Å². The number of nitrogens with one attached hydrogen (secondary N) is 4. The van der Waals surface area contributed by atoms with E-state index in [1.165, 1.54) is 12.5 Å². The molecule has 0 saturated carbocycles. The molecule has 8 N–H and O–H groups in total. The normalized spacial score (nSPS) is 15.8. The van der Waals surface area contributed by atoms with Crippen molar-refractivity contribution in [3.8, 4) is 0 Å². The SMILES string of the molecule is CCC(C)C(NC(=O)C(CS)NC(=O)C(CO)NC(=O)C(N)Cc1cnc[nH]1)C(=O)O. The van der Waals surface area contributed by atoms with Gasteiger partial charge in [0.05, 0.1) is 19.0 Å². The van der Waals surface area contributed by atoms with Crippen LogP contribution >= 0.6 is 12.6 Å². The number of hydrogen-bond donors (Lipinski definition) is 8. The van der Waals surface area contributed by atoms with Gasteiger partial charge in [0.1, 0.15) is 18.1 Å². The smallest absolute Gasteiger partial charge is 0.326 e. The van der Waals surface area contributed by atoms with Gasteiger partial charge in [0.2, 0.25) is 17.7 Å². The van der Waals surface area contributed by atoms with Crippen LogP contribution in [0.2, 0.25) is 0 Å². The summed E-state index contributed by atoms with van der Waals surface area (Å²) in [5.41, 5.74) is 6.43. The number of aliphatic carboxylic acids is 1. The number of imidazole rings is 1. The number of thiol groups is 1. The van der Waals surface area contributed by atoms with Gasteiger partial charge in [-0.05, 0) is 5.92 Å². The average molecular weight is 459 g/mol. The molecule has 0 aromatic carbocycles. The fourth-order valence-corrected chi connectivity index (χ4v) is 2.86. The molecule has 0 radical (unpaired) electrons. The predicted molar refractivity (Wildman–Crippen MR) is 114 cm³/mol. The van der Waals surface area contributed by atoms with Crippen molar-refractivity contribution in [3.63, 3.8) is 0 Å². The number of aliphatic hydroxyl groups is 1. The Morgan fingerprint density at radius 1 is 1.16 bits per heavy atom. The van der Waals surface area contributed by atoms with Crippen LogP contribution in [0.3, 0.4) is 0 Å². The summed E-state index contributed by atoms with van der Waals surface area (Å²) in [5.74, 6) is -3.92. The van der Waals surface area contributed by atoms with E-state index < -0.39 is 54.5 Å². The van der Waals surface area contributed by atoms with Crippen molar-refractivity contribution in [2.24, 2.45) is 11.7 Å². The summed E-state index contributed by atoms with van der Waals surface area (Å²) in [6, 6.07) is -4.67. The monoisotopic (exact) mass is 458 g/mol. The number of carbonyl (C=O) groups excluding carboxylic acids is 3. The summed E-state index contributed by atoms with van der Waals surface area (Å²) in [4.78, 5) is 55.2. The first-order valence-corrected chi connectivity index (χ1v) is 10.4. The molecule has 174 valence electrons. The molecule has 0 spiro atoms. The zero-order chi connectivity index (χ0) is 23.6. The van der Waals surface area contributed by atoms with Gasteiger partial charge >= 0.3 is 5.97 Å². The van der Waals surface area contributed by atoms with Gasteiger partial charge in [0, 0.05) is 24.1 Å². The minimum absolute atomic E-state index is 0.129. The molecular formula is C18H30N6O6S. The van der Waals surface area contributed by atoms with Crippen molar-refractivity contribution in [2.75, 3.05) is 12.4 Å². The van der Waals surface area contributed by atoms with Crippen molar-refractivity contribution >= 4 is 36.3 Å². The number of rotatable bonds is 13. The highest BCUT2D eigenvalue weighted by Crippen LogP contribution is 2.08. The summed E-state index contributed by atoms with van der Waals surface area (Å²) in [6.07, 6.45) is 3.60. The minimum Gasteiger partial charge on any atom is -0.480 e. The first-order chi connectivity index (χ1) is 14.6. The molecule has 1 heterocycles. The summed E-state index contributed by atoms with van der Waals surface area (Å²) in [7, 11) is 0. The predicted octanol–water partition coefficient (Wildman–Crippen LogP) is -2.21. The third-order valence-electron chi connectivity index (χ3n) is 4.74. The van der Waals surface area contributed by atoms with Crippen molar-refractivity contribution in [2.45, 2.75) is 50.9 Å². The van der Waals surface area contributed by atoms with Crippen molar-refractivity contribution in [1.29, 1.82) is 0 Å². The third-order valence-corrected chi connectivity index (χ3v) is 5.10. The van der Waals surface area contributed by atoms with Gasteiger partial charge in [-0.2, -0.15) is 12.6 Å². The molecule has 0 fully saturated rings. The first-order valence-electron chi connectivity index (χ1n) is 9.72. The second-order valence-electron chi connectivity index (χ2n) is 7.08. The van der Waals surface area contributed by atoms with Gasteiger partial charge in [-0.3, -0.25) is 14.4 Å². The fourth-order valence-electron chi connectivity index (χ4n) is 2.60. The molecule has 0 aliphatic carbocycles. The number of H-pyrrole nitrogens is 1. The van der Waals surface area contributed by atoms with E-state index in [0.717, 1.165) is 0 Å². The first kappa shape index (κ1) is 26.4. The Labute approximate surface area is 185 Å². The maximum atomic E-state index is 12.5. The fraction of sp³-hybridized carbons (Fsp3) is 0.611. The lowest BCUT2D eigenvalue weighted by Gasteiger charge is -2.25. The van der Waals surface area contributed by atoms with Crippen LogP contribution in [0.1, 0.15) is 26.0 Å². The third kappa shape index (κ3) is 8.19. The molecule has 1 rings (SSSR count). The van der Waals surface area contributed by atoms with Crippen molar-refractivity contribution in [3.05, 3.63) is 18.2 Å². The number of carboxylic acid groups (broad SMARTS) is 1. The lowest BCUT2D eigenvalue weighted by atomic mass is 9.99. The van der Waals surface area contributed by atoms with Crippen LogP contribution in [0, 0.1) is 5.92 Å². The Bertz CT molecular complexity index is 746. The Kier molecular flexibility index (Phi) is 11.0. The molecule has 0 aliphatic rings. The van der Waals surface area contributed by atoms with E-state index in [4.69, 9.17) is 5.73 Å². The van der Waals surface area contributed by atoms with Crippen LogP contribution in [0.25, 0.3) is 0 Å². The van der Waals surface area contributed by atoms with Crippen molar-refractivity contribution in [1.82, 2.24) is 25.9 Å². The largest absolute Gasteiger partial charge is 0.480 e. The highest BCUT2D eigenvalue weighted by atomic mass is 32.1. The highest BCUT2D eigenvalue weighted by molar-refractivity contribution is 7.80. The Hall–Kier alpha value is -2.64. The maximum absolute atomic E-state index is 12.5. The van der Waals surface area contributed by atoms with Gasteiger partial charge in [0.15, 0.2) is 0 Å². The number of aromatic amines is 1. The molecule has 12 nitrogen and oxygen atoms in total. The minimum atomic E-state index is -1.36. The highest BCUT2D eigenvalue weighted by Gasteiger charge is 2.31.